The van der Waals surface area contributed by atoms with E-state index in [1.165, 1.54) is 56.9 Å². The Kier molecular flexibility index (Phi) is 9.72. The Hall–Kier alpha value is -2.31. The summed E-state index contributed by atoms with van der Waals surface area (Å²) in [6, 6.07) is -0.946. The number of aliphatic carboxylic acids is 1. The zero-order valence-electron chi connectivity index (χ0n) is 21.4. The van der Waals surface area contributed by atoms with Crippen molar-refractivity contribution in [2.45, 2.75) is 46.5 Å². The van der Waals surface area contributed by atoms with Crippen molar-refractivity contribution in [1.29, 1.82) is 0 Å². The van der Waals surface area contributed by atoms with Crippen LogP contribution in [0.1, 0.15) is 26.5 Å². The van der Waals surface area contributed by atoms with Gasteiger partial charge in [0, 0.05) is 22.4 Å². The molecule has 0 aromatic carbocycles. The number of β-lactam (4-membered cyclic amide) rings is 1. The molecule has 40 heavy (non-hydrogen) atoms. The van der Waals surface area contributed by atoms with Crippen molar-refractivity contribution in [3.05, 3.63) is 27.9 Å². The van der Waals surface area contributed by atoms with E-state index < -0.39 is 40.9 Å². The summed E-state index contributed by atoms with van der Waals surface area (Å²) in [6.07, 6.45) is 1.20. The first kappa shape index (κ1) is 30.6. The fourth-order valence-corrected chi connectivity index (χ4v) is 8.40. The molecule has 1 fully saturated rings. The summed E-state index contributed by atoms with van der Waals surface area (Å²) in [5, 5.41) is 24.3. The van der Waals surface area contributed by atoms with Gasteiger partial charge >= 0.3 is 12.1 Å². The van der Waals surface area contributed by atoms with Crippen molar-refractivity contribution in [2.75, 3.05) is 23.1 Å². The summed E-state index contributed by atoms with van der Waals surface area (Å²) in [6.45, 7) is 5.17. The molecule has 2 aliphatic rings. The van der Waals surface area contributed by atoms with E-state index in [1.54, 1.807) is 20.8 Å². The Balaban J connectivity index is 1.41. The lowest BCUT2D eigenvalue weighted by Gasteiger charge is -2.49. The monoisotopic (exact) mass is 662 g/mol. The Morgan fingerprint density at radius 1 is 1.30 bits per heavy atom. The largest absolute Gasteiger partial charge is 0.477 e. The van der Waals surface area contributed by atoms with Gasteiger partial charge in [-0.05, 0) is 32.6 Å². The van der Waals surface area contributed by atoms with E-state index in [1.807, 2.05) is 6.26 Å². The number of nitrogens with zero attached hydrogens (tertiary/aromatic N) is 4. The van der Waals surface area contributed by atoms with Gasteiger partial charge < -0.3 is 15.2 Å². The van der Waals surface area contributed by atoms with Crippen LogP contribution in [0, 0.1) is 0 Å². The number of halogens is 1. The van der Waals surface area contributed by atoms with Crippen molar-refractivity contribution < 1.29 is 29.0 Å². The Labute approximate surface area is 254 Å². The minimum Gasteiger partial charge on any atom is -0.477 e. The molecule has 3 N–H and O–H groups in total. The van der Waals surface area contributed by atoms with Crippen molar-refractivity contribution in [3.8, 4) is 0 Å². The predicted molar refractivity (Wildman–Crippen MR) is 158 cm³/mol. The minimum atomic E-state index is -1.21. The zero-order chi connectivity index (χ0) is 29.2. The number of nitrogens with one attached hydrogen (secondary N) is 2. The molecule has 12 nitrogen and oxygen atoms in total. The zero-order valence-corrected chi connectivity index (χ0v) is 26.3. The normalized spacial score (nSPS) is 19.2. The highest BCUT2D eigenvalue weighted by molar-refractivity contribution is 8.03. The molecule has 2 aromatic heterocycles. The van der Waals surface area contributed by atoms with Crippen molar-refractivity contribution >= 4 is 104 Å². The highest BCUT2D eigenvalue weighted by Gasteiger charge is 2.54. The maximum absolute atomic E-state index is 13.0. The molecular formula is C22H23ClN6O6S5. The topological polar surface area (TPSA) is 164 Å². The Bertz CT molecular complexity index is 1400. The van der Waals surface area contributed by atoms with Crippen LogP contribution in [0.4, 0.5) is 9.93 Å². The molecule has 18 heteroatoms. The molecule has 3 amide bonds. The van der Waals surface area contributed by atoms with E-state index in [0.717, 1.165) is 21.2 Å². The molecule has 4 rings (SSSR count). The van der Waals surface area contributed by atoms with Crippen molar-refractivity contribution in [2.24, 2.45) is 0 Å². The minimum absolute atomic E-state index is 0.0185. The van der Waals surface area contributed by atoms with Crippen LogP contribution in [0.15, 0.2) is 30.9 Å². The lowest BCUT2D eigenvalue weighted by molar-refractivity contribution is -0.150. The van der Waals surface area contributed by atoms with Crippen LogP contribution in [0.25, 0.3) is 5.57 Å². The predicted octanol–water partition coefficient (Wildman–Crippen LogP) is 4.17. The van der Waals surface area contributed by atoms with E-state index in [-0.39, 0.29) is 22.1 Å². The number of carboxylic acids is 1. The molecule has 0 bridgehead atoms. The van der Waals surface area contributed by atoms with Crippen LogP contribution in [0.2, 0.25) is 0 Å². The first-order valence-corrected chi connectivity index (χ1v) is 16.8. The van der Waals surface area contributed by atoms with Gasteiger partial charge in [0.1, 0.15) is 22.7 Å². The number of hydrogen-bond acceptors (Lipinski definition) is 13. The number of thioether (sulfide) groups is 3. The number of anilines is 1. The van der Waals surface area contributed by atoms with Crippen LogP contribution in [-0.4, -0.2) is 83.8 Å². The van der Waals surface area contributed by atoms with E-state index >= 15 is 0 Å². The summed E-state index contributed by atoms with van der Waals surface area (Å²) in [4.78, 5) is 55.7. The summed E-state index contributed by atoms with van der Waals surface area (Å²) in [7, 11) is 0. The van der Waals surface area contributed by atoms with Gasteiger partial charge in [-0.25, -0.2) is 14.6 Å². The number of aromatic nitrogens is 3. The van der Waals surface area contributed by atoms with Gasteiger partial charge in [0.15, 0.2) is 13.8 Å². The fraction of sp³-hybridized carbons (Fsp3) is 0.409. The van der Waals surface area contributed by atoms with Crippen LogP contribution in [-0.2, 0) is 19.1 Å². The average molecular weight is 663 g/mol. The number of thiazole rings is 1. The molecule has 0 saturated carbocycles. The fourth-order valence-electron chi connectivity index (χ4n) is 3.57. The number of rotatable bonds is 9. The summed E-state index contributed by atoms with van der Waals surface area (Å²) < 4.78 is 6.71. The highest BCUT2D eigenvalue weighted by atomic mass is 35.5. The van der Waals surface area contributed by atoms with Gasteiger partial charge in [-0.15, -0.1) is 33.3 Å². The van der Waals surface area contributed by atoms with Crippen LogP contribution in [0.3, 0.4) is 0 Å². The maximum Gasteiger partial charge on any atom is 0.413 e. The smallest absolute Gasteiger partial charge is 0.413 e. The average Bonchev–Trinajstić information content (AvgIpc) is 3.54. The van der Waals surface area contributed by atoms with E-state index in [0.29, 0.717) is 21.4 Å². The van der Waals surface area contributed by atoms with E-state index in [4.69, 9.17) is 16.3 Å². The number of amides is 3. The molecular weight excluding hydrogens is 640 g/mol. The Morgan fingerprint density at radius 3 is 2.65 bits per heavy atom. The number of fused-ring (bicyclic) bond motifs is 1. The molecule has 2 aromatic rings. The standard InChI is InChI=1S/C22H23ClN6O6S5/c1-22(2,3)35-19(34)26-18-24-11(8-38-18)10(5-23)14(30)25-12-15(31)29-13(17(32)33)9(6-37-16(12)29)7-39-21-28-27-20(36-4)40-21/h5,8,12,16H,6-7H2,1-4H3,(H,25,30)(H,32,33)(H,24,26,34)/t12?,16-/m1/s1. The molecule has 0 spiro atoms. The second kappa shape index (κ2) is 12.7. The van der Waals surface area contributed by atoms with Crippen LogP contribution in [0.5, 0.6) is 0 Å². The van der Waals surface area contributed by atoms with Crippen LogP contribution >= 0.6 is 69.6 Å². The highest BCUT2D eigenvalue weighted by Crippen LogP contribution is 2.42. The molecule has 214 valence electrons. The van der Waals surface area contributed by atoms with Crippen molar-refractivity contribution in [3.63, 3.8) is 0 Å². The second-order valence-electron chi connectivity index (χ2n) is 9.13. The third kappa shape index (κ3) is 6.94. The first-order chi connectivity index (χ1) is 18.9. The number of carbonyl (C=O) groups excluding carboxylic acids is 3. The van der Waals surface area contributed by atoms with Gasteiger partial charge in [0.2, 0.25) is 0 Å². The first-order valence-electron chi connectivity index (χ1n) is 11.4. The number of ether oxygens (including phenoxy) is 1. The summed E-state index contributed by atoms with van der Waals surface area (Å²) in [5.74, 6) is -1.70. The lowest BCUT2D eigenvalue weighted by Crippen LogP contribution is -2.70. The number of carbonyl (C=O) groups is 4. The van der Waals surface area contributed by atoms with Gasteiger partial charge in [-0.1, -0.05) is 46.5 Å². The lowest BCUT2D eigenvalue weighted by atomic mass is 10.0. The molecule has 0 aliphatic carbocycles. The number of hydrogen-bond donors (Lipinski definition) is 3. The SMILES string of the molecule is CSc1nnc(SCC2=C(C(=O)O)N3C(=O)C(NC(=O)C(=CCl)c4csc(NC(=O)OC(C)(C)C)n4)[C@H]3SC2)s1. The van der Waals surface area contributed by atoms with Gasteiger partial charge in [0.25, 0.3) is 11.8 Å². The summed E-state index contributed by atoms with van der Waals surface area (Å²) >= 11 is 12.6. The number of carboxylic acid groups (broad SMARTS) is 1. The van der Waals surface area contributed by atoms with Gasteiger partial charge in [-0.2, -0.15) is 0 Å². The van der Waals surface area contributed by atoms with E-state index in [9.17, 15) is 24.3 Å². The van der Waals surface area contributed by atoms with Crippen LogP contribution < -0.4 is 10.6 Å². The van der Waals surface area contributed by atoms with Crippen molar-refractivity contribution in [1.82, 2.24) is 25.4 Å². The van der Waals surface area contributed by atoms with Gasteiger partial charge in [-0.3, -0.25) is 19.8 Å². The van der Waals surface area contributed by atoms with E-state index in [2.05, 4.69) is 25.8 Å². The molecule has 2 aliphatic heterocycles. The second-order valence-corrected chi connectivity index (χ2v) is 14.6. The quantitative estimate of drug-likeness (QED) is 0.200. The van der Waals surface area contributed by atoms with Gasteiger partial charge in [0.05, 0.1) is 11.3 Å². The molecule has 4 heterocycles. The molecule has 0 radical (unpaired) electrons. The molecule has 2 atom stereocenters. The summed E-state index contributed by atoms with van der Waals surface area (Å²) in [5.41, 5.74) is 1.02. The third-order valence-corrected chi connectivity index (χ3v) is 10.6. The third-order valence-electron chi connectivity index (χ3n) is 5.21. The molecule has 1 saturated heterocycles. The molecule has 1 unspecified atom stereocenters. The Morgan fingerprint density at radius 2 is 2.02 bits per heavy atom. The maximum atomic E-state index is 13.0.